The van der Waals surface area contributed by atoms with Crippen molar-refractivity contribution in [1.29, 1.82) is 0 Å². The van der Waals surface area contributed by atoms with Gasteiger partial charge in [0.1, 0.15) is 0 Å². The summed E-state index contributed by atoms with van der Waals surface area (Å²) >= 11 is 0. The summed E-state index contributed by atoms with van der Waals surface area (Å²) in [7, 11) is 0. The summed E-state index contributed by atoms with van der Waals surface area (Å²) in [6, 6.07) is 0. The summed E-state index contributed by atoms with van der Waals surface area (Å²) < 4.78 is 0. The van der Waals surface area contributed by atoms with Crippen molar-refractivity contribution >= 4 is 0 Å². The Bertz CT molecular complexity index is 211. The monoisotopic (exact) mass is 292 g/mol. The van der Waals surface area contributed by atoms with Crippen LogP contribution >= 0.6 is 0 Å². The smallest absolute Gasteiger partial charge is 0.0592 e. The second-order valence-corrected chi connectivity index (χ2v) is 6.43. The Morgan fingerprint density at radius 2 is 1.35 bits per heavy atom. The lowest BCUT2D eigenvalue weighted by atomic mass is 9.98. The van der Waals surface area contributed by atoms with Crippen LogP contribution in [0.3, 0.4) is 0 Å². The van der Waals surface area contributed by atoms with Crippen LogP contribution in [0.5, 0.6) is 0 Å². The van der Waals surface area contributed by atoms with Gasteiger partial charge in [-0.2, -0.15) is 0 Å². The van der Waals surface area contributed by atoms with E-state index in [9.17, 15) is 5.11 Å². The molecule has 0 rings (SSSR count). The number of hydrogen-bond acceptors (Lipinski definition) is 4. The predicted octanol–water partition coefficient (Wildman–Crippen LogP) is 2.47. The minimum atomic E-state index is -0.629. The second kappa shape index (κ2) is 11.5. The van der Waals surface area contributed by atoms with Crippen LogP contribution in [0.25, 0.3) is 0 Å². The van der Waals surface area contributed by atoms with Gasteiger partial charge in [-0.3, -0.25) is 0 Å². The third kappa shape index (κ3) is 15.9. The van der Waals surface area contributed by atoms with Crippen LogP contribution in [0.2, 0.25) is 0 Å². The number of hydrogen-bond donors (Lipinski definition) is 4. The van der Waals surface area contributed by atoms with Gasteiger partial charge in [-0.15, -0.1) is 0 Å². The zero-order valence-electron chi connectivity index (χ0n) is 14.1. The van der Waals surface area contributed by atoms with E-state index in [-0.39, 0.29) is 24.2 Å². The molecule has 4 nitrogen and oxygen atoms in total. The molecular weight excluding hydrogens is 256 g/mol. The third-order valence-corrected chi connectivity index (χ3v) is 3.50. The van der Waals surface area contributed by atoms with Crippen molar-refractivity contribution in [3.05, 3.63) is 0 Å². The van der Waals surface area contributed by atoms with E-state index in [1.807, 2.05) is 20.8 Å². The maximum Gasteiger partial charge on any atom is 0.0592 e. The Labute approximate surface area is 124 Å². The topological polar surface area (TPSA) is 80.9 Å². The minimum Gasteiger partial charge on any atom is -0.393 e. The molecule has 124 valence electrons. The summed E-state index contributed by atoms with van der Waals surface area (Å²) in [6.07, 6.45) is 2.82. The maximum atomic E-state index is 9.25. The van der Waals surface area contributed by atoms with Crippen molar-refractivity contribution in [2.75, 3.05) is 0 Å². The van der Waals surface area contributed by atoms with Crippen LogP contribution in [0.15, 0.2) is 0 Å². The first kappa shape index (κ1) is 22.1. The van der Waals surface area contributed by atoms with Gasteiger partial charge in [0.25, 0.3) is 0 Å². The van der Waals surface area contributed by atoms with E-state index in [1.165, 1.54) is 0 Å². The normalized spacial score (nSPS) is 17.7. The Morgan fingerprint density at radius 3 is 1.65 bits per heavy atom. The van der Waals surface area contributed by atoms with Gasteiger partial charge in [0, 0.05) is 0 Å². The van der Waals surface area contributed by atoms with E-state index in [0.29, 0.717) is 19.3 Å². The first-order chi connectivity index (χ1) is 9.03. The van der Waals surface area contributed by atoms with Crippen molar-refractivity contribution < 1.29 is 20.4 Å². The zero-order chi connectivity index (χ0) is 16.3. The minimum absolute atomic E-state index is 0.204. The summed E-state index contributed by atoms with van der Waals surface area (Å²) in [5.74, 6) is 0.204. The quantitative estimate of drug-likeness (QED) is 0.554. The highest BCUT2D eigenvalue weighted by atomic mass is 16.3. The van der Waals surface area contributed by atoms with Gasteiger partial charge >= 0.3 is 0 Å². The van der Waals surface area contributed by atoms with Gasteiger partial charge in [-0.05, 0) is 58.8 Å². The first-order valence-corrected chi connectivity index (χ1v) is 7.80. The van der Waals surface area contributed by atoms with Gasteiger partial charge in [0.2, 0.25) is 0 Å². The molecule has 0 aliphatic rings. The van der Waals surface area contributed by atoms with Crippen LogP contribution in [0.4, 0.5) is 0 Å². The highest BCUT2D eigenvalue weighted by Gasteiger charge is 2.14. The SMILES string of the molecule is CCC(O)CC(C)C(C)O.CCC(O)CCC(C)(C)O. The van der Waals surface area contributed by atoms with Crippen molar-refractivity contribution in [1.82, 2.24) is 0 Å². The number of aliphatic hydroxyl groups excluding tert-OH is 3. The summed E-state index contributed by atoms with van der Waals surface area (Å²) in [5, 5.41) is 36.6. The standard InChI is InChI=1S/2C8H18O2/c1-4-7(9)5-6-8(2,3)10;1-4-8(10)5-6(2)7(3)9/h7,9-10H,4-6H2,1-3H3;6-10H,4-5H2,1-3H3. The molecule has 0 heterocycles. The fraction of sp³-hybridized carbons (Fsp3) is 1.00. The molecule has 0 bridgehead atoms. The van der Waals surface area contributed by atoms with Crippen LogP contribution in [-0.4, -0.2) is 44.3 Å². The zero-order valence-corrected chi connectivity index (χ0v) is 14.1. The highest BCUT2D eigenvalue weighted by Crippen LogP contribution is 2.13. The molecule has 0 aromatic carbocycles. The van der Waals surface area contributed by atoms with E-state index >= 15 is 0 Å². The predicted molar refractivity (Wildman–Crippen MR) is 83.6 cm³/mol. The lowest BCUT2D eigenvalue weighted by molar-refractivity contribution is 0.0480. The average Bonchev–Trinajstić information content (AvgIpc) is 2.35. The first-order valence-electron chi connectivity index (χ1n) is 7.80. The fourth-order valence-electron chi connectivity index (χ4n) is 1.52. The van der Waals surface area contributed by atoms with E-state index in [4.69, 9.17) is 15.3 Å². The van der Waals surface area contributed by atoms with Crippen LogP contribution < -0.4 is 0 Å². The summed E-state index contributed by atoms with van der Waals surface area (Å²) in [4.78, 5) is 0. The van der Waals surface area contributed by atoms with Gasteiger partial charge < -0.3 is 20.4 Å². The van der Waals surface area contributed by atoms with Crippen LogP contribution in [0.1, 0.15) is 73.6 Å². The molecule has 0 aliphatic carbocycles. The lowest BCUT2D eigenvalue weighted by Crippen LogP contribution is -2.21. The fourth-order valence-corrected chi connectivity index (χ4v) is 1.52. The largest absolute Gasteiger partial charge is 0.393 e. The van der Waals surface area contributed by atoms with E-state index in [0.717, 1.165) is 12.8 Å². The van der Waals surface area contributed by atoms with Crippen molar-refractivity contribution in [3.63, 3.8) is 0 Å². The molecular formula is C16H36O4. The Kier molecular flexibility index (Phi) is 12.7. The number of aliphatic hydroxyl groups is 4. The molecule has 0 spiro atoms. The molecule has 0 aromatic rings. The van der Waals surface area contributed by atoms with Gasteiger partial charge in [0.15, 0.2) is 0 Å². The highest BCUT2D eigenvalue weighted by molar-refractivity contribution is 4.67. The molecule has 20 heavy (non-hydrogen) atoms. The van der Waals surface area contributed by atoms with Crippen molar-refractivity contribution in [2.45, 2.75) is 97.6 Å². The molecule has 0 amide bonds. The molecule has 4 unspecified atom stereocenters. The van der Waals surface area contributed by atoms with Gasteiger partial charge in [-0.1, -0.05) is 20.8 Å². The molecule has 4 N–H and O–H groups in total. The van der Waals surface area contributed by atoms with Gasteiger partial charge in [-0.25, -0.2) is 0 Å². The Balaban J connectivity index is 0. The molecule has 0 aliphatic heterocycles. The van der Waals surface area contributed by atoms with Crippen LogP contribution in [-0.2, 0) is 0 Å². The Hall–Kier alpha value is -0.160. The molecule has 0 saturated carbocycles. The molecule has 4 heteroatoms. The maximum absolute atomic E-state index is 9.25. The molecule has 0 fully saturated rings. The second-order valence-electron chi connectivity index (χ2n) is 6.43. The van der Waals surface area contributed by atoms with Crippen LogP contribution in [0, 0.1) is 5.92 Å². The summed E-state index contributed by atoms with van der Waals surface area (Å²) in [6.45, 7) is 11.1. The number of rotatable bonds is 8. The molecule has 0 aromatic heterocycles. The summed E-state index contributed by atoms with van der Waals surface area (Å²) in [5.41, 5.74) is -0.629. The average molecular weight is 292 g/mol. The van der Waals surface area contributed by atoms with E-state index < -0.39 is 5.60 Å². The Morgan fingerprint density at radius 1 is 0.900 bits per heavy atom. The van der Waals surface area contributed by atoms with Crippen molar-refractivity contribution in [2.24, 2.45) is 5.92 Å². The van der Waals surface area contributed by atoms with E-state index in [1.54, 1.807) is 20.8 Å². The van der Waals surface area contributed by atoms with E-state index in [2.05, 4.69) is 0 Å². The molecule has 0 radical (unpaired) electrons. The lowest BCUT2D eigenvalue weighted by Gasteiger charge is -2.18. The molecule has 4 atom stereocenters. The molecule has 0 saturated heterocycles. The van der Waals surface area contributed by atoms with Crippen molar-refractivity contribution in [3.8, 4) is 0 Å². The third-order valence-electron chi connectivity index (χ3n) is 3.50. The van der Waals surface area contributed by atoms with Gasteiger partial charge in [0.05, 0.1) is 23.9 Å².